The molecule has 21 heavy (non-hydrogen) atoms. The van der Waals surface area contributed by atoms with Gasteiger partial charge in [0.2, 0.25) is 5.91 Å². The molecule has 114 valence electrons. The first-order chi connectivity index (χ1) is 9.87. The fourth-order valence-corrected chi connectivity index (χ4v) is 3.18. The van der Waals surface area contributed by atoms with Crippen molar-refractivity contribution in [2.45, 2.75) is 64.1 Å². The molecule has 1 saturated carbocycles. The smallest absolute Gasteiger partial charge is 0.244 e. The van der Waals surface area contributed by atoms with E-state index in [9.17, 15) is 4.79 Å². The molecule has 3 nitrogen and oxygen atoms in total. The summed E-state index contributed by atoms with van der Waals surface area (Å²) in [6, 6.07) is 8.75. The Labute approximate surface area is 127 Å². The summed E-state index contributed by atoms with van der Waals surface area (Å²) in [5.41, 5.74) is 2.47. The molecule has 0 bridgehead atoms. The van der Waals surface area contributed by atoms with Gasteiger partial charge in [0.05, 0.1) is 0 Å². The number of nitrogens with zero attached hydrogens (tertiary/aromatic N) is 1. The summed E-state index contributed by atoms with van der Waals surface area (Å²) in [5, 5.41) is 3.58. The first-order valence-corrected chi connectivity index (χ1v) is 8.07. The number of rotatable bonds is 3. The molecule has 1 amide bonds. The second kappa shape index (κ2) is 4.84. The van der Waals surface area contributed by atoms with Crippen molar-refractivity contribution < 1.29 is 4.79 Å². The van der Waals surface area contributed by atoms with E-state index in [0.717, 1.165) is 25.8 Å². The number of amides is 1. The molecule has 1 atom stereocenters. The Kier molecular flexibility index (Phi) is 3.36. The van der Waals surface area contributed by atoms with Crippen LogP contribution in [0.4, 0.5) is 0 Å². The lowest BCUT2D eigenvalue weighted by molar-refractivity contribution is -0.130. The second-order valence-electron chi connectivity index (χ2n) is 7.50. The topological polar surface area (TPSA) is 32.3 Å². The number of nitrogens with one attached hydrogen (secondary N) is 1. The Bertz CT molecular complexity index is 537. The minimum Gasteiger partial charge on any atom is -0.321 e. The molecule has 1 aromatic carbocycles. The predicted molar refractivity (Wildman–Crippen MR) is 85.0 cm³/mol. The van der Waals surface area contributed by atoms with Gasteiger partial charge in [-0.25, -0.2) is 0 Å². The summed E-state index contributed by atoms with van der Waals surface area (Å²) < 4.78 is 0. The van der Waals surface area contributed by atoms with Crippen LogP contribution in [-0.2, 0) is 10.2 Å². The standard InChI is InChI=1S/C18H26N2O/c1-5-12-20-15(19-18(10-11-18)16(20)21)13-6-8-14(9-7-13)17(2,3)4/h6-9,15,19H,5,10-12H2,1-4H3. The third-order valence-corrected chi connectivity index (χ3v) is 4.70. The van der Waals surface area contributed by atoms with Gasteiger partial charge in [-0.05, 0) is 35.8 Å². The lowest BCUT2D eigenvalue weighted by Crippen LogP contribution is -2.32. The van der Waals surface area contributed by atoms with Crippen molar-refractivity contribution in [3.05, 3.63) is 35.4 Å². The normalized spacial score (nSPS) is 23.9. The van der Waals surface area contributed by atoms with Crippen LogP contribution in [0.1, 0.15) is 64.3 Å². The van der Waals surface area contributed by atoms with Crippen LogP contribution in [-0.4, -0.2) is 22.9 Å². The molecule has 2 fully saturated rings. The minimum absolute atomic E-state index is 0.0500. The molecule has 1 heterocycles. The maximum absolute atomic E-state index is 12.6. The van der Waals surface area contributed by atoms with E-state index in [-0.39, 0.29) is 17.1 Å². The molecule has 0 aromatic heterocycles. The van der Waals surface area contributed by atoms with Gasteiger partial charge in [-0.3, -0.25) is 10.1 Å². The fraction of sp³-hybridized carbons (Fsp3) is 0.611. The van der Waals surface area contributed by atoms with E-state index >= 15 is 0 Å². The van der Waals surface area contributed by atoms with Crippen LogP contribution in [0.3, 0.4) is 0 Å². The highest BCUT2D eigenvalue weighted by atomic mass is 16.2. The van der Waals surface area contributed by atoms with Crippen LogP contribution in [0.5, 0.6) is 0 Å². The largest absolute Gasteiger partial charge is 0.321 e. The number of hydrogen-bond donors (Lipinski definition) is 1. The van der Waals surface area contributed by atoms with Gasteiger partial charge in [0, 0.05) is 6.54 Å². The lowest BCUT2D eigenvalue weighted by atomic mass is 9.86. The van der Waals surface area contributed by atoms with Crippen molar-refractivity contribution in [2.75, 3.05) is 6.54 Å². The van der Waals surface area contributed by atoms with Crippen molar-refractivity contribution in [3.63, 3.8) is 0 Å². The highest BCUT2D eigenvalue weighted by Gasteiger charge is 2.59. The Morgan fingerprint density at radius 2 is 1.86 bits per heavy atom. The van der Waals surface area contributed by atoms with Crippen molar-refractivity contribution in [3.8, 4) is 0 Å². The zero-order valence-corrected chi connectivity index (χ0v) is 13.6. The van der Waals surface area contributed by atoms with Gasteiger partial charge in [0.15, 0.2) is 0 Å². The Morgan fingerprint density at radius 3 is 2.33 bits per heavy atom. The van der Waals surface area contributed by atoms with Crippen molar-refractivity contribution >= 4 is 5.91 Å². The molecule has 3 heteroatoms. The van der Waals surface area contributed by atoms with E-state index in [0.29, 0.717) is 5.91 Å². The zero-order chi connectivity index (χ0) is 15.3. The third-order valence-electron chi connectivity index (χ3n) is 4.70. The quantitative estimate of drug-likeness (QED) is 0.924. The molecule has 2 aliphatic rings. The Morgan fingerprint density at radius 1 is 1.24 bits per heavy atom. The summed E-state index contributed by atoms with van der Waals surface area (Å²) in [6.07, 6.45) is 3.03. The molecular formula is C18H26N2O. The highest BCUT2D eigenvalue weighted by Crippen LogP contribution is 2.46. The second-order valence-corrected chi connectivity index (χ2v) is 7.50. The van der Waals surface area contributed by atoms with E-state index in [2.05, 4.69) is 57.3 Å². The molecule has 3 rings (SSSR count). The number of carbonyl (C=O) groups excluding carboxylic acids is 1. The van der Waals surface area contributed by atoms with Crippen LogP contribution < -0.4 is 5.32 Å². The number of carbonyl (C=O) groups is 1. The summed E-state index contributed by atoms with van der Waals surface area (Å²) in [7, 11) is 0. The van der Waals surface area contributed by atoms with Gasteiger partial charge in [0.25, 0.3) is 0 Å². The van der Waals surface area contributed by atoms with Gasteiger partial charge in [0.1, 0.15) is 11.7 Å². The van der Waals surface area contributed by atoms with E-state index in [1.54, 1.807) is 0 Å². The van der Waals surface area contributed by atoms with Gasteiger partial charge >= 0.3 is 0 Å². The summed E-state index contributed by atoms with van der Waals surface area (Å²) in [6.45, 7) is 9.63. The zero-order valence-electron chi connectivity index (χ0n) is 13.6. The van der Waals surface area contributed by atoms with Crippen LogP contribution in [0.15, 0.2) is 24.3 Å². The average Bonchev–Trinajstić information content (AvgIpc) is 3.17. The van der Waals surface area contributed by atoms with Crippen LogP contribution in [0.25, 0.3) is 0 Å². The van der Waals surface area contributed by atoms with Crippen molar-refractivity contribution in [1.29, 1.82) is 0 Å². The lowest BCUT2D eigenvalue weighted by Gasteiger charge is -2.25. The van der Waals surface area contributed by atoms with Crippen LogP contribution in [0.2, 0.25) is 0 Å². The van der Waals surface area contributed by atoms with E-state index < -0.39 is 0 Å². The first-order valence-electron chi connectivity index (χ1n) is 8.07. The monoisotopic (exact) mass is 286 g/mol. The van der Waals surface area contributed by atoms with Crippen LogP contribution in [0, 0.1) is 0 Å². The van der Waals surface area contributed by atoms with E-state index in [1.165, 1.54) is 11.1 Å². The molecule has 1 aliphatic carbocycles. The molecular weight excluding hydrogens is 260 g/mol. The summed E-state index contributed by atoms with van der Waals surface area (Å²) in [4.78, 5) is 14.6. The predicted octanol–water partition coefficient (Wildman–Crippen LogP) is 3.36. The maximum atomic E-state index is 12.6. The van der Waals surface area contributed by atoms with E-state index in [1.807, 2.05) is 4.90 Å². The number of hydrogen-bond acceptors (Lipinski definition) is 2. The van der Waals surface area contributed by atoms with Crippen LogP contribution >= 0.6 is 0 Å². The number of benzene rings is 1. The molecule has 1 N–H and O–H groups in total. The fourth-order valence-electron chi connectivity index (χ4n) is 3.18. The molecule has 1 saturated heterocycles. The van der Waals surface area contributed by atoms with Gasteiger partial charge in [-0.1, -0.05) is 52.0 Å². The minimum atomic E-state index is -0.234. The molecule has 0 radical (unpaired) electrons. The highest BCUT2D eigenvalue weighted by molar-refractivity contribution is 5.92. The van der Waals surface area contributed by atoms with Gasteiger partial charge in [-0.15, -0.1) is 0 Å². The SMILES string of the molecule is CCCN1C(=O)C2(CC2)NC1c1ccc(C(C)(C)C)cc1. The summed E-state index contributed by atoms with van der Waals surface area (Å²) in [5.74, 6) is 0.300. The van der Waals surface area contributed by atoms with Crippen molar-refractivity contribution in [1.82, 2.24) is 10.2 Å². The third kappa shape index (κ3) is 2.48. The maximum Gasteiger partial charge on any atom is 0.244 e. The van der Waals surface area contributed by atoms with Crippen molar-refractivity contribution in [2.24, 2.45) is 0 Å². The first kappa shape index (κ1) is 14.6. The summed E-state index contributed by atoms with van der Waals surface area (Å²) >= 11 is 0. The molecule has 1 unspecified atom stereocenters. The van der Waals surface area contributed by atoms with Gasteiger partial charge in [-0.2, -0.15) is 0 Å². The Balaban J connectivity index is 1.86. The van der Waals surface area contributed by atoms with E-state index in [4.69, 9.17) is 0 Å². The average molecular weight is 286 g/mol. The van der Waals surface area contributed by atoms with Gasteiger partial charge < -0.3 is 4.90 Å². The molecule has 1 spiro atoms. The Hall–Kier alpha value is -1.35. The molecule has 1 aromatic rings. The molecule has 1 aliphatic heterocycles.